The molecule has 0 bridgehead atoms. The van der Waals surface area contributed by atoms with Crippen LogP contribution in [0.1, 0.15) is 6.42 Å². The number of nitrogens with zero attached hydrogens (tertiary/aromatic N) is 2. The van der Waals surface area contributed by atoms with Crippen LogP contribution in [0.2, 0.25) is 10.0 Å². The Bertz CT molecular complexity index is 501. The lowest BCUT2D eigenvalue weighted by atomic mass is 10.2. The summed E-state index contributed by atoms with van der Waals surface area (Å²) in [5.74, 6) is -0.115. The molecular weight excluding hydrogens is 311 g/mol. The SMILES string of the molecule is CN1CCCN(CC(=O)Nc2c(N)cc(Cl)cc2Cl)CC1. The van der Waals surface area contributed by atoms with Crippen LogP contribution in [0.5, 0.6) is 0 Å². The van der Waals surface area contributed by atoms with Crippen molar-refractivity contribution in [2.24, 2.45) is 0 Å². The second-order valence-electron chi connectivity index (χ2n) is 5.33. The summed E-state index contributed by atoms with van der Waals surface area (Å²) in [4.78, 5) is 16.6. The number of nitrogen functional groups attached to an aromatic ring is 1. The van der Waals surface area contributed by atoms with Crippen LogP contribution in [-0.2, 0) is 4.79 Å². The largest absolute Gasteiger partial charge is 0.397 e. The van der Waals surface area contributed by atoms with Crippen molar-refractivity contribution in [2.75, 3.05) is 50.8 Å². The average Bonchev–Trinajstić information content (AvgIpc) is 2.59. The Morgan fingerprint density at radius 3 is 2.76 bits per heavy atom. The molecule has 1 amide bonds. The number of anilines is 2. The van der Waals surface area contributed by atoms with E-state index in [1.165, 1.54) is 0 Å². The first-order valence-corrected chi connectivity index (χ1v) is 7.66. The van der Waals surface area contributed by atoms with Crippen molar-refractivity contribution in [1.82, 2.24) is 9.80 Å². The summed E-state index contributed by atoms with van der Waals surface area (Å²) in [7, 11) is 2.09. The van der Waals surface area contributed by atoms with Gasteiger partial charge in [-0.25, -0.2) is 0 Å². The molecule has 7 heteroatoms. The maximum atomic E-state index is 12.2. The van der Waals surface area contributed by atoms with Crippen LogP contribution in [0.3, 0.4) is 0 Å². The summed E-state index contributed by atoms with van der Waals surface area (Å²) in [6, 6.07) is 3.14. The number of nitrogens with one attached hydrogen (secondary N) is 1. The van der Waals surface area contributed by atoms with Gasteiger partial charge in [-0.3, -0.25) is 9.69 Å². The van der Waals surface area contributed by atoms with Crippen molar-refractivity contribution in [3.8, 4) is 0 Å². The minimum absolute atomic E-state index is 0.115. The topological polar surface area (TPSA) is 61.6 Å². The van der Waals surface area contributed by atoms with E-state index in [9.17, 15) is 4.79 Å². The van der Waals surface area contributed by atoms with Crippen LogP contribution < -0.4 is 11.1 Å². The molecule has 0 saturated carbocycles. The highest BCUT2D eigenvalue weighted by Gasteiger charge is 2.16. The Morgan fingerprint density at radius 1 is 1.29 bits per heavy atom. The lowest BCUT2D eigenvalue weighted by Crippen LogP contribution is -2.36. The number of hydrogen-bond donors (Lipinski definition) is 2. The predicted octanol–water partition coefficient (Wildman–Crippen LogP) is 2.15. The zero-order valence-electron chi connectivity index (χ0n) is 12.0. The van der Waals surface area contributed by atoms with Crippen LogP contribution >= 0.6 is 23.2 Å². The molecule has 0 spiro atoms. The number of benzene rings is 1. The van der Waals surface area contributed by atoms with Crippen molar-refractivity contribution in [2.45, 2.75) is 6.42 Å². The smallest absolute Gasteiger partial charge is 0.238 e. The van der Waals surface area contributed by atoms with Crippen LogP contribution in [0, 0.1) is 0 Å². The van der Waals surface area contributed by atoms with E-state index in [1.807, 2.05) is 0 Å². The summed E-state index contributed by atoms with van der Waals surface area (Å²) in [6.07, 6.45) is 1.06. The zero-order chi connectivity index (χ0) is 15.4. The number of carbonyl (C=O) groups is 1. The fourth-order valence-corrected chi connectivity index (χ4v) is 2.92. The molecule has 0 unspecified atom stereocenters. The molecule has 0 radical (unpaired) electrons. The quantitative estimate of drug-likeness (QED) is 0.833. The number of amides is 1. The Hall–Kier alpha value is -1.01. The number of halogens is 2. The molecular formula is C14H20Cl2N4O. The molecule has 1 aromatic carbocycles. The van der Waals surface area contributed by atoms with E-state index in [2.05, 4.69) is 22.2 Å². The molecule has 1 aliphatic heterocycles. The summed E-state index contributed by atoms with van der Waals surface area (Å²) in [5.41, 5.74) is 6.64. The molecule has 1 fully saturated rings. The number of nitrogens with two attached hydrogens (primary N) is 1. The van der Waals surface area contributed by atoms with Gasteiger partial charge in [0, 0.05) is 18.1 Å². The van der Waals surface area contributed by atoms with Crippen molar-refractivity contribution >= 4 is 40.5 Å². The third kappa shape index (κ3) is 4.74. The fourth-order valence-electron chi connectivity index (χ4n) is 2.37. The Kier molecular flexibility index (Phi) is 5.70. The van der Waals surface area contributed by atoms with Gasteiger partial charge in [-0.15, -0.1) is 0 Å². The van der Waals surface area contributed by atoms with Gasteiger partial charge in [0.15, 0.2) is 0 Å². The average molecular weight is 331 g/mol. The minimum atomic E-state index is -0.115. The molecule has 3 N–H and O–H groups in total. The van der Waals surface area contributed by atoms with Crippen molar-refractivity contribution in [3.05, 3.63) is 22.2 Å². The number of carbonyl (C=O) groups excluding carboxylic acids is 1. The highest BCUT2D eigenvalue weighted by Crippen LogP contribution is 2.31. The van der Waals surface area contributed by atoms with E-state index in [0.717, 1.165) is 32.6 Å². The van der Waals surface area contributed by atoms with Crippen LogP contribution in [-0.4, -0.2) is 55.5 Å². The first kappa shape index (κ1) is 16.4. The summed E-state index contributed by atoms with van der Waals surface area (Å²) >= 11 is 11.9. The second-order valence-corrected chi connectivity index (χ2v) is 6.18. The summed E-state index contributed by atoms with van der Waals surface area (Å²) in [6.45, 7) is 4.17. The third-order valence-corrected chi connectivity index (χ3v) is 4.05. The first-order chi connectivity index (χ1) is 9.95. The monoisotopic (exact) mass is 330 g/mol. The van der Waals surface area contributed by atoms with Crippen LogP contribution in [0.15, 0.2) is 12.1 Å². The second kappa shape index (κ2) is 7.31. The zero-order valence-corrected chi connectivity index (χ0v) is 13.5. The van der Waals surface area contributed by atoms with E-state index in [4.69, 9.17) is 28.9 Å². The minimum Gasteiger partial charge on any atom is -0.397 e. The predicted molar refractivity (Wildman–Crippen MR) is 88.1 cm³/mol. The summed E-state index contributed by atoms with van der Waals surface area (Å²) < 4.78 is 0. The molecule has 1 aromatic rings. The van der Waals surface area contributed by atoms with E-state index >= 15 is 0 Å². The Labute approximate surface area is 135 Å². The Morgan fingerprint density at radius 2 is 2.05 bits per heavy atom. The lowest BCUT2D eigenvalue weighted by Gasteiger charge is -2.20. The highest BCUT2D eigenvalue weighted by atomic mass is 35.5. The molecule has 0 aromatic heterocycles. The van der Waals surface area contributed by atoms with Crippen molar-refractivity contribution < 1.29 is 4.79 Å². The molecule has 1 aliphatic rings. The highest BCUT2D eigenvalue weighted by molar-refractivity contribution is 6.37. The van der Waals surface area contributed by atoms with Gasteiger partial charge in [-0.1, -0.05) is 23.2 Å². The van der Waals surface area contributed by atoms with E-state index in [1.54, 1.807) is 12.1 Å². The van der Waals surface area contributed by atoms with Gasteiger partial charge in [-0.05, 0) is 38.7 Å². The molecule has 1 saturated heterocycles. The molecule has 21 heavy (non-hydrogen) atoms. The van der Waals surface area contributed by atoms with Gasteiger partial charge < -0.3 is 16.0 Å². The summed E-state index contributed by atoms with van der Waals surface area (Å²) in [5, 5.41) is 3.58. The van der Waals surface area contributed by atoms with E-state index < -0.39 is 0 Å². The molecule has 1 heterocycles. The molecule has 116 valence electrons. The van der Waals surface area contributed by atoms with Gasteiger partial charge in [0.1, 0.15) is 0 Å². The molecule has 2 rings (SSSR count). The molecule has 0 atom stereocenters. The van der Waals surface area contributed by atoms with Gasteiger partial charge in [0.25, 0.3) is 0 Å². The number of rotatable bonds is 3. The van der Waals surface area contributed by atoms with Crippen LogP contribution in [0.25, 0.3) is 0 Å². The van der Waals surface area contributed by atoms with E-state index in [0.29, 0.717) is 28.0 Å². The van der Waals surface area contributed by atoms with Crippen molar-refractivity contribution in [1.29, 1.82) is 0 Å². The standard InChI is InChI=1S/C14H20Cl2N4O/c1-19-3-2-4-20(6-5-19)9-13(21)18-14-11(16)7-10(15)8-12(14)17/h7-8H,2-6,9,17H2,1H3,(H,18,21). The maximum Gasteiger partial charge on any atom is 0.238 e. The maximum absolute atomic E-state index is 12.2. The van der Waals surface area contributed by atoms with Gasteiger partial charge in [-0.2, -0.15) is 0 Å². The van der Waals surface area contributed by atoms with Crippen LogP contribution in [0.4, 0.5) is 11.4 Å². The number of likely N-dealkylation sites (N-methyl/N-ethyl adjacent to an activating group) is 1. The molecule has 0 aliphatic carbocycles. The third-order valence-electron chi connectivity index (χ3n) is 3.53. The Balaban J connectivity index is 1.96. The van der Waals surface area contributed by atoms with Gasteiger partial charge in [0.05, 0.1) is 22.9 Å². The van der Waals surface area contributed by atoms with Crippen molar-refractivity contribution in [3.63, 3.8) is 0 Å². The lowest BCUT2D eigenvalue weighted by molar-refractivity contribution is -0.117. The normalized spacial score (nSPS) is 17.5. The van der Waals surface area contributed by atoms with Gasteiger partial charge in [0.2, 0.25) is 5.91 Å². The molecule has 5 nitrogen and oxygen atoms in total. The fraction of sp³-hybridized carbons (Fsp3) is 0.500. The van der Waals surface area contributed by atoms with E-state index in [-0.39, 0.29) is 5.91 Å². The number of hydrogen-bond acceptors (Lipinski definition) is 4. The van der Waals surface area contributed by atoms with Gasteiger partial charge >= 0.3 is 0 Å². The first-order valence-electron chi connectivity index (χ1n) is 6.91.